The lowest BCUT2D eigenvalue weighted by Crippen LogP contribution is -2.49. The summed E-state index contributed by atoms with van der Waals surface area (Å²) in [6, 6.07) is 4.41. The number of likely N-dealkylation sites (N-methyl/N-ethyl adjacent to an activating group) is 1. The van der Waals surface area contributed by atoms with Crippen molar-refractivity contribution in [3.63, 3.8) is 0 Å². The predicted octanol–water partition coefficient (Wildman–Crippen LogP) is 2.30. The van der Waals surface area contributed by atoms with Crippen molar-refractivity contribution in [1.29, 1.82) is 0 Å². The molecular weight excluding hydrogens is 308 g/mol. The molecule has 1 fully saturated rings. The summed E-state index contributed by atoms with van der Waals surface area (Å²) in [5.74, 6) is 0.684. The Morgan fingerprint density at radius 2 is 2.16 bits per heavy atom. The maximum absolute atomic E-state index is 9.82. The van der Waals surface area contributed by atoms with Crippen LogP contribution in [0.1, 0.15) is 12.5 Å². The SMILES string of the molecule is COc1cc(CN2CCN(C)CC2C)cc(Br)c1O. The van der Waals surface area contributed by atoms with Gasteiger partial charge in [0, 0.05) is 32.2 Å². The average molecular weight is 329 g/mol. The number of piperazine rings is 1. The summed E-state index contributed by atoms with van der Waals surface area (Å²) in [7, 11) is 3.73. The normalized spacial score (nSPS) is 21.6. The van der Waals surface area contributed by atoms with Crippen LogP contribution in [0.3, 0.4) is 0 Å². The zero-order chi connectivity index (χ0) is 14.0. The fourth-order valence-electron chi connectivity index (χ4n) is 2.52. The van der Waals surface area contributed by atoms with Crippen molar-refractivity contribution in [2.45, 2.75) is 19.5 Å². The van der Waals surface area contributed by atoms with Crippen LogP contribution >= 0.6 is 15.9 Å². The predicted molar refractivity (Wildman–Crippen MR) is 79.7 cm³/mol. The Morgan fingerprint density at radius 3 is 2.79 bits per heavy atom. The van der Waals surface area contributed by atoms with E-state index in [1.807, 2.05) is 12.1 Å². The molecule has 1 heterocycles. The lowest BCUT2D eigenvalue weighted by atomic mass is 10.1. The van der Waals surface area contributed by atoms with E-state index in [0.717, 1.165) is 31.7 Å². The Kier molecular flexibility index (Phi) is 4.71. The molecule has 1 atom stereocenters. The molecule has 0 radical (unpaired) electrons. The number of rotatable bonds is 3. The van der Waals surface area contributed by atoms with E-state index in [-0.39, 0.29) is 5.75 Å². The highest BCUT2D eigenvalue weighted by molar-refractivity contribution is 9.10. The smallest absolute Gasteiger partial charge is 0.172 e. The molecule has 1 saturated heterocycles. The Morgan fingerprint density at radius 1 is 1.42 bits per heavy atom. The zero-order valence-corrected chi connectivity index (χ0v) is 13.3. The molecule has 106 valence electrons. The van der Waals surface area contributed by atoms with Crippen molar-refractivity contribution in [1.82, 2.24) is 9.80 Å². The fraction of sp³-hybridized carbons (Fsp3) is 0.571. The number of phenols is 1. The third kappa shape index (κ3) is 3.41. The maximum atomic E-state index is 9.82. The monoisotopic (exact) mass is 328 g/mol. The van der Waals surface area contributed by atoms with E-state index in [0.29, 0.717) is 16.3 Å². The number of benzene rings is 1. The van der Waals surface area contributed by atoms with E-state index in [1.54, 1.807) is 7.11 Å². The van der Waals surface area contributed by atoms with Crippen LogP contribution in [0.5, 0.6) is 11.5 Å². The Bertz CT molecular complexity index is 453. The molecule has 0 spiro atoms. The number of nitrogens with zero attached hydrogens (tertiary/aromatic N) is 2. The quantitative estimate of drug-likeness (QED) is 0.923. The van der Waals surface area contributed by atoms with Gasteiger partial charge in [-0.05, 0) is 47.6 Å². The lowest BCUT2D eigenvalue weighted by Gasteiger charge is -2.38. The first-order valence-electron chi connectivity index (χ1n) is 6.49. The molecule has 0 aromatic heterocycles. The number of hydrogen-bond acceptors (Lipinski definition) is 4. The molecule has 0 saturated carbocycles. The van der Waals surface area contributed by atoms with Gasteiger partial charge in [-0.1, -0.05) is 0 Å². The molecule has 5 heteroatoms. The summed E-state index contributed by atoms with van der Waals surface area (Å²) in [6.45, 7) is 6.39. The largest absolute Gasteiger partial charge is 0.503 e. The van der Waals surface area contributed by atoms with Crippen molar-refractivity contribution in [3.8, 4) is 11.5 Å². The Labute approximate surface area is 123 Å². The molecule has 0 aliphatic carbocycles. The van der Waals surface area contributed by atoms with Gasteiger partial charge in [0.1, 0.15) is 0 Å². The average Bonchev–Trinajstić information content (AvgIpc) is 2.37. The summed E-state index contributed by atoms with van der Waals surface area (Å²) < 4.78 is 5.88. The van der Waals surface area contributed by atoms with Gasteiger partial charge in [-0.15, -0.1) is 0 Å². The molecular formula is C14H21BrN2O2. The van der Waals surface area contributed by atoms with Crippen LogP contribution in [0.15, 0.2) is 16.6 Å². The topological polar surface area (TPSA) is 35.9 Å². The minimum atomic E-state index is 0.165. The fourth-order valence-corrected chi connectivity index (χ4v) is 3.01. The molecule has 1 aromatic carbocycles. The van der Waals surface area contributed by atoms with Crippen molar-refractivity contribution in [3.05, 3.63) is 22.2 Å². The van der Waals surface area contributed by atoms with Crippen LogP contribution < -0.4 is 4.74 Å². The van der Waals surface area contributed by atoms with Crippen molar-refractivity contribution < 1.29 is 9.84 Å². The Balaban J connectivity index is 2.13. The summed E-state index contributed by atoms with van der Waals surface area (Å²) in [6.07, 6.45) is 0. The van der Waals surface area contributed by atoms with Crippen molar-refractivity contribution in [2.75, 3.05) is 33.8 Å². The van der Waals surface area contributed by atoms with Crippen molar-refractivity contribution in [2.24, 2.45) is 0 Å². The molecule has 1 aliphatic rings. The van der Waals surface area contributed by atoms with Gasteiger partial charge in [-0.3, -0.25) is 4.90 Å². The van der Waals surface area contributed by atoms with E-state index >= 15 is 0 Å². The van der Waals surface area contributed by atoms with Crippen LogP contribution in [0.2, 0.25) is 0 Å². The summed E-state index contributed by atoms with van der Waals surface area (Å²) in [5.41, 5.74) is 1.15. The second-order valence-electron chi connectivity index (χ2n) is 5.21. The minimum Gasteiger partial charge on any atom is -0.503 e. The highest BCUT2D eigenvalue weighted by Gasteiger charge is 2.22. The van der Waals surface area contributed by atoms with E-state index < -0.39 is 0 Å². The number of halogens is 1. The molecule has 2 rings (SSSR count). The lowest BCUT2D eigenvalue weighted by molar-refractivity contribution is 0.0937. The molecule has 1 aromatic rings. The van der Waals surface area contributed by atoms with Gasteiger partial charge in [-0.2, -0.15) is 0 Å². The number of methoxy groups -OCH3 is 1. The third-order valence-corrected chi connectivity index (χ3v) is 4.27. The molecule has 1 N–H and O–H groups in total. The van der Waals surface area contributed by atoms with Crippen LogP contribution in [0.25, 0.3) is 0 Å². The van der Waals surface area contributed by atoms with E-state index in [9.17, 15) is 5.11 Å². The van der Waals surface area contributed by atoms with Crippen LogP contribution in [0, 0.1) is 0 Å². The van der Waals surface area contributed by atoms with E-state index in [4.69, 9.17) is 4.74 Å². The number of hydrogen-bond donors (Lipinski definition) is 1. The summed E-state index contributed by atoms with van der Waals surface area (Å²) in [4.78, 5) is 4.81. The van der Waals surface area contributed by atoms with Gasteiger partial charge in [0.2, 0.25) is 0 Å². The molecule has 1 unspecified atom stereocenters. The molecule has 0 bridgehead atoms. The van der Waals surface area contributed by atoms with Crippen LogP contribution in [0.4, 0.5) is 0 Å². The second kappa shape index (κ2) is 6.11. The minimum absolute atomic E-state index is 0.165. The standard InChI is InChI=1S/C14H21BrN2O2/c1-10-8-16(2)4-5-17(10)9-11-6-12(15)14(18)13(7-11)19-3/h6-7,10,18H,4-5,8-9H2,1-3H3. The highest BCUT2D eigenvalue weighted by atomic mass is 79.9. The van der Waals surface area contributed by atoms with E-state index in [1.165, 1.54) is 0 Å². The van der Waals surface area contributed by atoms with Crippen LogP contribution in [-0.2, 0) is 6.54 Å². The maximum Gasteiger partial charge on any atom is 0.172 e. The third-order valence-electron chi connectivity index (χ3n) is 3.66. The second-order valence-corrected chi connectivity index (χ2v) is 6.06. The first-order chi connectivity index (χ1) is 9.01. The zero-order valence-electron chi connectivity index (χ0n) is 11.7. The van der Waals surface area contributed by atoms with Gasteiger partial charge < -0.3 is 14.7 Å². The van der Waals surface area contributed by atoms with Crippen LogP contribution in [-0.4, -0.2) is 54.7 Å². The highest BCUT2D eigenvalue weighted by Crippen LogP contribution is 2.35. The Hall–Kier alpha value is -0.780. The van der Waals surface area contributed by atoms with Gasteiger partial charge in [-0.25, -0.2) is 0 Å². The molecule has 0 amide bonds. The van der Waals surface area contributed by atoms with Crippen molar-refractivity contribution >= 4 is 15.9 Å². The first kappa shape index (κ1) is 14.6. The summed E-state index contributed by atoms with van der Waals surface area (Å²) in [5, 5.41) is 9.82. The molecule has 1 aliphatic heterocycles. The molecule has 4 nitrogen and oxygen atoms in total. The van der Waals surface area contributed by atoms with E-state index in [2.05, 4.69) is 39.7 Å². The van der Waals surface area contributed by atoms with Gasteiger partial charge >= 0.3 is 0 Å². The molecule has 19 heavy (non-hydrogen) atoms. The van der Waals surface area contributed by atoms with Gasteiger partial charge in [0.25, 0.3) is 0 Å². The van der Waals surface area contributed by atoms with Gasteiger partial charge in [0.15, 0.2) is 11.5 Å². The van der Waals surface area contributed by atoms with Gasteiger partial charge in [0.05, 0.1) is 11.6 Å². The number of aromatic hydroxyl groups is 1. The number of phenolic OH excluding ortho intramolecular Hbond substituents is 1. The first-order valence-corrected chi connectivity index (χ1v) is 7.28. The number of ether oxygens (including phenoxy) is 1. The summed E-state index contributed by atoms with van der Waals surface area (Å²) >= 11 is 3.37.